The molecule has 1 aromatic rings. The number of hydrogen-bond donors (Lipinski definition) is 1. The van der Waals surface area contributed by atoms with Gasteiger partial charge in [0, 0.05) is 31.6 Å². The van der Waals surface area contributed by atoms with Crippen LogP contribution in [0.2, 0.25) is 0 Å². The van der Waals surface area contributed by atoms with Gasteiger partial charge in [-0.25, -0.2) is 0 Å². The molecule has 0 amide bonds. The Morgan fingerprint density at radius 3 is 2.68 bits per heavy atom. The van der Waals surface area contributed by atoms with Gasteiger partial charge in [-0.3, -0.25) is 4.90 Å². The van der Waals surface area contributed by atoms with Crippen LogP contribution in [0.1, 0.15) is 36.8 Å². The highest BCUT2D eigenvalue weighted by atomic mass is 16.5. The quantitative estimate of drug-likeness (QED) is 0.925. The van der Waals surface area contributed by atoms with E-state index in [1.54, 1.807) is 0 Å². The number of nitrogens with zero attached hydrogens (tertiary/aromatic N) is 1. The first-order chi connectivity index (χ1) is 10.9. The smallest absolute Gasteiger partial charge is 0.119 e. The first kappa shape index (κ1) is 14.5. The number of benzene rings is 1. The Balaban J connectivity index is 1.37. The third-order valence-electron chi connectivity index (χ3n) is 5.75. The standard InChI is InChI=1S/C19H28N2O/c1-2-18(3-1)21-10-7-16-4-5-19(12-17(16)8-11-21)22-14-15-6-9-20-13-15/h4-5,12,15,18,20H,1-3,6-11,13-14H2. The van der Waals surface area contributed by atoms with Crippen molar-refractivity contribution in [3.8, 4) is 5.75 Å². The molecule has 2 fully saturated rings. The molecule has 1 N–H and O–H groups in total. The maximum Gasteiger partial charge on any atom is 0.119 e. The van der Waals surface area contributed by atoms with E-state index >= 15 is 0 Å². The minimum Gasteiger partial charge on any atom is -0.493 e. The third-order valence-corrected chi connectivity index (χ3v) is 5.75. The Morgan fingerprint density at radius 1 is 1.09 bits per heavy atom. The second kappa shape index (κ2) is 6.59. The molecule has 0 aromatic heterocycles. The van der Waals surface area contributed by atoms with Crippen molar-refractivity contribution in [2.75, 3.05) is 32.8 Å². The summed E-state index contributed by atoms with van der Waals surface area (Å²) >= 11 is 0. The third kappa shape index (κ3) is 3.16. The molecule has 1 aliphatic carbocycles. The van der Waals surface area contributed by atoms with Crippen molar-refractivity contribution >= 4 is 0 Å². The van der Waals surface area contributed by atoms with Crippen LogP contribution in [0.4, 0.5) is 0 Å². The fourth-order valence-electron chi connectivity index (χ4n) is 4.00. The Morgan fingerprint density at radius 2 is 1.95 bits per heavy atom. The number of fused-ring (bicyclic) bond motifs is 1. The highest BCUT2D eigenvalue weighted by Gasteiger charge is 2.26. The van der Waals surface area contributed by atoms with Gasteiger partial charge in [-0.05, 0) is 61.9 Å². The second-order valence-electron chi connectivity index (χ2n) is 7.22. The van der Waals surface area contributed by atoms with Gasteiger partial charge in [0.25, 0.3) is 0 Å². The van der Waals surface area contributed by atoms with E-state index < -0.39 is 0 Å². The average Bonchev–Trinajstić information content (AvgIpc) is 2.92. The number of nitrogens with one attached hydrogen (secondary N) is 1. The number of hydrogen-bond acceptors (Lipinski definition) is 3. The molecule has 1 saturated carbocycles. The van der Waals surface area contributed by atoms with Crippen LogP contribution in [-0.4, -0.2) is 43.7 Å². The molecule has 120 valence electrons. The lowest BCUT2D eigenvalue weighted by atomic mass is 9.91. The second-order valence-corrected chi connectivity index (χ2v) is 7.22. The first-order valence-corrected chi connectivity index (χ1v) is 9.08. The van der Waals surface area contributed by atoms with Crippen LogP contribution in [0, 0.1) is 5.92 Å². The molecule has 0 spiro atoms. The monoisotopic (exact) mass is 300 g/mol. The molecule has 22 heavy (non-hydrogen) atoms. The lowest BCUT2D eigenvalue weighted by Gasteiger charge is -2.36. The van der Waals surface area contributed by atoms with Crippen molar-refractivity contribution in [2.45, 2.75) is 44.6 Å². The van der Waals surface area contributed by atoms with Crippen LogP contribution in [0.15, 0.2) is 18.2 Å². The summed E-state index contributed by atoms with van der Waals surface area (Å²) in [7, 11) is 0. The molecule has 1 aromatic carbocycles. The Hall–Kier alpha value is -1.06. The van der Waals surface area contributed by atoms with Gasteiger partial charge in [0.1, 0.15) is 5.75 Å². The fourth-order valence-corrected chi connectivity index (χ4v) is 4.00. The first-order valence-electron chi connectivity index (χ1n) is 9.08. The van der Waals surface area contributed by atoms with Crippen molar-refractivity contribution in [3.63, 3.8) is 0 Å². The van der Waals surface area contributed by atoms with Gasteiger partial charge in [-0.15, -0.1) is 0 Å². The number of rotatable bonds is 4. The maximum atomic E-state index is 6.05. The molecule has 1 saturated heterocycles. The van der Waals surface area contributed by atoms with Crippen LogP contribution in [0.25, 0.3) is 0 Å². The van der Waals surface area contributed by atoms with Crippen molar-refractivity contribution in [3.05, 3.63) is 29.3 Å². The predicted molar refractivity (Wildman–Crippen MR) is 89.5 cm³/mol. The van der Waals surface area contributed by atoms with E-state index in [9.17, 15) is 0 Å². The molecule has 1 unspecified atom stereocenters. The molecule has 3 aliphatic rings. The van der Waals surface area contributed by atoms with Crippen molar-refractivity contribution in [1.82, 2.24) is 10.2 Å². The van der Waals surface area contributed by atoms with Crippen molar-refractivity contribution in [1.29, 1.82) is 0 Å². The zero-order chi connectivity index (χ0) is 14.8. The lowest BCUT2D eigenvalue weighted by Crippen LogP contribution is -2.41. The molecule has 4 rings (SSSR count). The summed E-state index contributed by atoms with van der Waals surface area (Å²) in [6.07, 6.45) is 7.91. The van der Waals surface area contributed by atoms with Gasteiger partial charge < -0.3 is 10.1 Å². The molecule has 3 heteroatoms. The van der Waals surface area contributed by atoms with E-state index in [1.165, 1.54) is 62.7 Å². The summed E-state index contributed by atoms with van der Waals surface area (Å²) < 4.78 is 6.05. The lowest BCUT2D eigenvalue weighted by molar-refractivity contribution is 0.133. The highest BCUT2D eigenvalue weighted by Crippen LogP contribution is 2.28. The van der Waals surface area contributed by atoms with Gasteiger partial charge in [-0.2, -0.15) is 0 Å². The summed E-state index contributed by atoms with van der Waals surface area (Å²) in [5.41, 5.74) is 3.06. The summed E-state index contributed by atoms with van der Waals surface area (Å²) in [6.45, 7) is 5.59. The van der Waals surface area contributed by atoms with Crippen LogP contribution < -0.4 is 10.1 Å². The summed E-state index contributed by atoms with van der Waals surface area (Å²) in [6, 6.07) is 7.67. The van der Waals surface area contributed by atoms with Crippen LogP contribution >= 0.6 is 0 Å². The van der Waals surface area contributed by atoms with Gasteiger partial charge in [0.05, 0.1) is 6.61 Å². The zero-order valence-corrected chi connectivity index (χ0v) is 13.5. The van der Waals surface area contributed by atoms with E-state index in [-0.39, 0.29) is 0 Å². The molecule has 1 atom stereocenters. The summed E-state index contributed by atoms with van der Waals surface area (Å²) in [5.74, 6) is 1.76. The van der Waals surface area contributed by atoms with Crippen molar-refractivity contribution in [2.24, 2.45) is 5.92 Å². The average molecular weight is 300 g/mol. The van der Waals surface area contributed by atoms with Gasteiger partial charge in [0.15, 0.2) is 0 Å². The van der Waals surface area contributed by atoms with E-state index in [0.717, 1.165) is 31.5 Å². The van der Waals surface area contributed by atoms with Gasteiger partial charge in [0.2, 0.25) is 0 Å². The predicted octanol–water partition coefficient (Wildman–Crippen LogP) is 2.63. The summed E-state index contributed by atoms with van der Waals surface area (Å²) in [4.78, 5) is 2.72. The number of ether oxygens (including phenoxy) is 1. The Labute approximate surface area is 134 Å². The van der Waals surface area contributed by atoms with Gasteiger partial charge >= 0.3 is 0 Å². The fraction of sp³-hybridized carbons (Fsp3) is 0.684. The minimum atomic E-state index is 0.688. The molecule has 3 nitrogen and oxygen atoms in total. The van der Waals surface area contributed by atoms with E-state index in [1.807, 2.05) is 0 Å². The molecule has 0 radical (unpaired) electrons. The van der Waals surface area contributed by atoms with E-state index in [2.05, 4.69) is 28.4 Å². The maximum absolute atomic E-state index is 6.05. The normalized spacial score (nSPS) is 26.3. The van der Waals surface area contributed by atoms with Crippen LogP contribution in [0.3, 0.4) is 0 Å². The highest BCUT2D eigenvalue weighted by molar-refractivity contribution is 5.37. The SMILES string of the molecule is c1cc2c(cc1OCC1CCNC1)CCN(C1CCC1)CC2. The Kier molecular flexibility index (Phi) is 4.35. The molecule has 2 heterocycles. The zero-order valence-electron chi connectivity index (χ0n) is 13.5. The summed E-state index contributed by atoms with van der Waals surface area (Å²) in [5, 5.41) is 3.41. The Bertz CT molecular complexity index is 506. The molecular weight excluding hydrogens is 272 g/mol. The molecule has 0 bridgehead atoms. The molecule has 2 aliphatic heterocycles. The largest absolute Gasteiger partial charge is 0.493 e. The van der Waals surface area contributed by atoms with Crippen molar-refractivity contribution < 1.29 is 4.74 Å². The topological polar surface area (TPSA) is 24.5 Å². The van der Waals surface area contributed by atoms with E-state index in [0.29, 0.717) is 5.92 Å². The van der Waals surface area contributed by atoms with Crippen LogP contribution in [0.5, 0.6) is 5.75 Å². The minimum absolute atomic E-state index is 0.688. The van der Waals surface area contributed by atoms with E-state index in [4.69, 9.17) is 4.74 Å². The van der Waals surface area contributed by atoms with Gasteiger partial charge in [-0.1, -0.05) is 12.5 Å². The molecular formula is C19H28N2O. The van der Waals surface area contributed by atoms with Crippen LogP contribution in [-0.2, 0) is 12.8 Å².